The van der Waals surface area contributed by atoms with Gasteiger partial charge in [0.05, 0.1) is 22.4 Å². The normalized spacial score (nSPS) is 11.0. The Morgan fingerprint density at radius 2 is 1.72 bits per heavy atom. The number of carbonyl (C=O) groups is 2. The van der Waals surface area contributed by atoms with Crippen LogP contribution in [0.4, 0.5) is 18.9 Å². The highest BCUT2D eigenvalue weighted by Gasteiger charge is 2.33. The molecule has 2 N–H and O–H groups in total. The van der Waals surface area contributed by atoms with Gasteiger partial charge in [0.25, 0.3) is 11.8 Å². The first kappa shape index (κ1) is 18.4. The molecule has 8 heteroatoms. The maximum atomic E-state index is 13.0. The van der Waals surface area contributed by atoms with Crippen molar-refractivity contribution in [2.45, 2.75) is 19.5 Å². The Kier molecular flexibility index (Phi) is 5.74. The van der Waals surface area contributed by atoms with Gasteiger partial charge in [0.2, 0.25) is 0 Å². The molecule has 0 unspecified atom stereocenters. The molecule has 0 aliphatic carbocycles. The maximum Gasteiger partial charge on any atom is 0.418 e. The highest BCUT2D eigenvalue weighted by molar-refractivity contribution is 6.06. The minimum atomic E-state index is -4.59. The van der Waals surface area contributed by atoms with Gasteiger partial charge in [0.1, 0.15) is 0 Å². The average Bonchev–Trinajstić information content (AvgIpc) is 2.59. The largest absolute Gasteiger partial charge is 0.418 e. The van der Waals surface area contributed by atoms with Crippen LogP contribution in [-0.2, 0) is 6.18 Å². The number of nitrogens with one attached hydrogen (secondary N) is 2. The summed E-state index contributed by atoms with van der Waals surface area (Å²) < 4.78 is 38.9. The van der Waals surface area contributed by atoms with Crippen LogP contribution in [0.3, 0.4) is 0 Å². The molecule has 0 spiro atoms. The maximum absolute atomic E-state index is 13.0. The van der Waals surface area contributed by atoms with Gasteiger partial charge in [-0.25, -0.2) is 0 Å². The van der Waals surface area contributed by atoms with Gasteiger partial charge in [-0.2, -0.15) is 13.2 Å². The summed E-state index contributed by atoms with van der Waals surface area (Å²) in [7, 11) is 0. The molecule has 0 bridgehead atoms. The highest BCUT2D eigenvalue weighted by atomic mass is 19.4. The van der Waals surface area contributed by atoms with Crippen LogP contribution in [0.25, 0.3) is 0 Å². The zero-order chi connectivity index (χ0) is 18.4. The third-order valence-electron chi connectivity index (χ3n) is 3.28. The molecule has 0 atom stereocenters. The standard InChI is InChI=1S/C17H16F3N3O2/c1-2-7-22-15(24)11-8-12(10-21-9-11)16(25)23-14-6-4-3-5-13(14)17(18,19)20/h3-6,8-10H,2,7H2,1H3,(H,22,24)(H,23,25). The van der Waals surface area contributed by atoms with E-state index in [1.807, 2.05) is 6.92 Å². The van der Waals surface area contributed by atoms with Crippen molar-refractivity contribution in [3.63, 3.8) is 0 Å². The summed E-state index contributed by atoms with van der Waals surface area (Å²) in [6, 6.07) is 5.94. The Bertz CT molecular complexity index is 776. The van der Waals surface area contributed by atoms with E-state index in [1.54, 1.807) is 0 Å². The molecule has 5 nitrogen and oxygen atoms in total. The molecule has 1 aromatic carbocycles. The number of halogens is 3. The molecule has 0 radical (unpaired) electrons. The van der Waals surface area contributed by atoms with Crippen LogP contribution in [0, 0.1) is 0 Å². The number of anilines is 1. The quantitative estimate of drug-likeness (QED) is 0.866. The lowest BCUT2D eigenvalue weighted by Crippen LogP contribution is -2.24. The second kappa shape index (κ2) is 7.78. The fourth-order valence-electron chi connectivity index (χ4n) is 2.06. The summed E-state index contributed by atoms with van der Waals surface area (Å²) in [4.78, 5) is 27.9. The summed E-state index contributed by atoms with van der Waals surface area (Å²) in [5, 5.41) is 4.85. The van der Waals surface area contributed by atoms with Crippen LogP contribution in [0.15, 0.2) is 42.7 Å². The van der Waals surface area contributed by atoms with Crippen molar-refractivity contribution in [3.05, 3.63) is 59.4 Å². The van der Waals surface area contributed by atoms with Gasteiger partial charge in [-0.15, -0.1) is 0 Å². The molecule has 0 saturated heterocycles. The van der Waals surface area contributed by atoms with Crippen LogP contribution in [-0.4, -0.2) is 23.3 Å². The molecule has 132 valence electrons. The second-order valence-electron chi connectivity index (χ2n) is 5.22. The number of benzene rings is 1. The Hall–Kier alpha value is -2.90. The molecule has 0 saturated carbocycles. The van der Waals surface area contributed by atoms with E-state index < -0.39 is 23.6 Å². The van der Waals surface area contributed by atoms with E-state index in [4.69, 9.17) is 0 Å². The lowest BCUT2D eigenvalue weighted by atomic mass is 10.1. The van der Waals surface area contributed by atoms with Crippen LogP contribution in [0.2, 0.25) is 0 Å². The SMILES string of the molecule is CCCNC(=O)c1cncc(C(=O)Nc2ccccc2C(F)(F)F)c1. The minimum absolute atomic E-state index is 0.0128. The van der Waals surface area contributed by atoms with Crippen LogP contribution >= 0.6 is 0 Å². The second-order valence-corrected chi connectivity index (χ2v) is 5.22. The van der Waals surface area contributed by atoms with Crippen molar-refractivity contribution in [2.24, 2.45) is 0 Å². The van der Waals surface area contributed by atoms with Crippen molar-refractivity contribution < 1.29 is 22.8 Å². The van der Waals surface area contributed by atoms with Gasteiger partial charge in [-0.3, -0.25) is 14.6 Å². The first-order chi connectivity index (χ1) is 11.8. The lowest BCUT2D eigenvalue weighted by Gasteiger charge is -2.13. The Morgan fingerprint density at radius 1 is 1.08 bits per heavy atom. The number of para-hydroxylation sites is 1. The predicted molar refractivity (Wildman–Crippen MR) is 86.3 cm³/mol. The monoisotopic (exact) mass is 351 g/mol. The van der Waals surface area contributed by atoms with E-state index in [2.05, 4.69) is 15.6 Å². The van der Waals surface area contributed by atoms with Gasteiger partial charge >= 0.3 is 6.18 Å². The molecule has 1 heterocycles. The molecular weight excluding hydrogens is 335 g/mol. The van der Waals surface area contributed by atoms with Crippen molar-refractivity contribution in [1.82, 2.24) is 10.3 Å². The van der Waals surface area contributed by atoms with Gasteiger partial charge in [0, 0.05) is 18.9 Å². The van der Waals surface area contributed by atoms with E-state index in [9.17, 15) is 22.8 Å². The number of nitrogens with zero attached hydrogens (tertiary/aromatic N) is 1. The summed E-state index contributed by atoms with van der Waals surface area (Å²) >= 11 is 0. The fourth-order valence-corrected chi connectivity index (χ4v) is 2.06. The first-order valence-electron chi connectivity index (χ1n) is 7.53. The molecule has 1 aromatic heterocycles. The number of rotatable bonds is 5. The molecule has 0 fully saturated rings. The summed E-state index contributed by atoms with van der Waals surface area (Å²) in [6.45, 7) is 2.36. The Balaban J connectivity index is 2.21. The van der Waals surface area contributed by atoms with E-state index in [0.717, 1.165) is 18.6 Å². The van der Waals surface area contributed by atoms with Gasteiger partial charge in [-0.1, -0.05) is 19.1 Å². The van der Waals surface area contributed by atoms with E-state index >= 15 is 0 Å². The van der Waals surface area contributed by atoms with E-state index in [1.165, 1.54) is 30.6 Å². The van der Waals surface area contributed by atoms with Crippen LogP contribution in [0.5, 0.6) is 0 Å². The molecule has 25 heavy (non-hydrogen) atoms. The van der Waals surface area contributed by atoms with Crippen molar-refractivity contribution in [3.8, 4) is 0 Å². The summed E-state index contributed by atoms with van der Waals surface area (Å²) in [5.41, 5.74) is -1.17. The fraction of sp³-hybridized carbons (Fsp3) is 0.235. The lowest BCUT2D eigenvalue weighted by molar-refractivity contribution is -0.136. The highest BCUT2D eigenvalue weighted by Crippen LogP contribution is 2.34. The molecular formula is C17H16F3N3O2. The Morgan fingerprint density at radius 3 is 2.36 bits per heavy atom. The molecule has 2 aromatic rings. The minimum Gasteiger partial charge on any atom is -0.352 e. The van der Waals surface area contributed by atoms with Gasteiger partial charge in [-0.05, 0) is 24.6 Å². The van der Waals surface area contributed by atoms with E-state index in [-0.39, 0.29) is 16.8 Å². The van der Waals surface area contributed by atoms with Crippen molar-refractivity contribution >= 4 is 17.5 Å². The molecule has 0 aliphatic heterocycles. The number of hydrogen-bond donors (Lipinski definition) is 2. The van der Waals surface area contributed by atoms with Gasteiger partial charge < -0.3 is 10.6 Å². The van der Waals surface area contributed by atoms with Crippen molar-refractivity contribution in [1.29, 1.82) is 0 Å². The zero-order valence-electron chi connectivity index (χ0n) is 13.4. The third-order valence-corrected chi connectivity index (χ3v) is 3.28. The number of amides is 2. The van der Waals surface area contributed by atoms with Gasteiger partial charge in [0.15, 0.2) is 0 Å². The smallest absolute Gasteiger partial charge is 0.352 e. The number of aromatic nitrogens is 1. The Labute approximate surface area is 142 Å². The third kappa shape index (κ3) is 4.79. The molecule has 2 rings (SSSR count). The molecule has 2 amide bonds. The predicted octanol–water partition coefficient (Wildman–Crippen LogP) is 3.49. The number of alkyl halides is 3. The van der Waals surface area contributed by atoms with E-state index in [0.29, 0.717) is 6.54 Å². The summed E-state index contributed by atoms with van der Waals surface area (Å²) in [6.07, 6.45) is -1.38. The number of carbonyl (C=O) groups excluding carboxylic acids is 2. The average molecular weight is 351 g/mol. The first-order valence-corrected chi connectivity index (χ1v) is 7.53. The van der Waals surface area contributed by atoms with Crippen LogP contribution < -0.4 is 10.6 Å². The summed E-state index contributed by atoms with van der Waals surface area (Å²) in [5.74, 6) is -1.19. The van der Waals surface area contributed by atoms with Crippen LogP contribution in [0.1, 0.15) is 39.6 Å². The van der Waals surface area contributed by atoms with Crippen molar-refractivity contribution in [2.75, 3.05) is 11.9 Å². The number of pyridine rings is 1. The zero-order valence-corrected chi connectivity index (χ0v) is 13.4. The molecule has 0 aliphatic rings. The topological polar surface area (TPSA) is 71.1 Å². The number of hydrogen-bond acceptors (Lipinski definition) is 3.